The van der Waals surface area contributed by atoms with Gasteiger partial charge >= 0.3 is 6.18 Å². The first-order valence-electron chi connectivity index (χ1n) is 6.76. The fourth-order valence-electron chi connectivity index (χ4n) is 2.55. The fourth-order valence-corrected chi connectivity index (χ4v) is 2.78. The van der Waals surface area contributed by atoms with Crippen LogP contribution < -0.4 is 10.2 Å². The van der Waals surface area contributed by atoms with Crippen molar-refractivity contribution in [1.82, 2.24) is 5.32 Å². The highest BCUT2D eigenvalue weighted by atomic mass is 35.5. The first kappa shape index (κ1) is 15.4. The molecule has 20 heavy (non-hydrogen) atoms. The van der Waals surface area contributed by atoms with Gasteiger partial charge in [0.25, 0.3) is 0 Å². The van der Waals surface area contributed by atoms with E-state index in [0.717, 1.165) is 38.5 Å². The molecule has 0 bridgehead atoms. The molecule has 0 atom stereocenters. The zero-order valence-electron chi connectivity index (χ0n) is 11.3. The molecule has 1 N–H and O–H groups in total. The number of nitrogens with zero attached hydrogens (tertiary/aromatic N) is 1. The second kappa shape index (κ2) is 6.22. The molecule has 112 valence electrons. The average molecular weight is 307 g/mol. The average Bonchev–Trinajstić information content (AvgIpc) is 2.38. The highest BCUT2D eigenvalue weighted by Gasteiger charge is 2.32. The van der Waals surface area contributed by atoms with Gasteiger partial charge in [-0.1, -0.05) is 18.5 Å². The number of rotatable bonds is 3. The topological polar surface area (TPSA) is 15.3 Å². The monoisotopic (exact) mass is 306 g/mol. The van der Waals surface area contributed by atoms with Gasteiger partial charge in [0.15, 0.2) is 0 Å². The molecule has 1 heterocycles. The van der Waals surface area contributed by atoms with Crippen molar-refractivity contribution in [3.05, 3.63) is 28.8 Å². The molecule has 6 heteroatoms. The SMILES string of the molecule is CCNC1CCN(c2cc(Cl)cc(C(F)(F)F)c2)CC1. The zero-order chi connectivity index (χ0) is 14.8. The number of nitrogens with one attached hydrogen (secondary N) is 1. The van der Waals surface area contributed by atoms with Gasteiger partial charge in [-0.15, -0.1) is 0 Å². The number of piperidine rings is 1. The molecule has 0 unspecified atom stereocenters. The summed E-state index contributed by atoms with van der Waals surface area (Å²) in [5, 5.41) is 3.50. The third-order valence-electron chi connectivity index (χ3n) is 3.56. The van der Waals surface area contributed by atoms with Crippen LogP contribution in [0.3, 0.4) is 0 Å². The number of halogens is 4. The summed E-state index contributed by atoms with van der Waals surface area (Å²) in [6.07, 6.45) is -2.49. The van der Waals surface area contributed by atoms with E-state index in [0.29, 0.717) is 11.7 Å². The van der Waals surface area contributed by atoms with Crippen LogP contribution >= 0.6 is 11.6 Å². The van der Waals surface area contributed by atoms with Crippen LogP contribution in [-0.4, -0.2) is 25.7 Å². The van der Waals surface area contributed by atoms with Crippen LogP contribution in [0, 0.1) is 0 Å². The molecule has 0 radical (unpaired) electrons. The van der Waals surface area contributed by atoms with E-state index in [-0.39, 0.29) is 5.02 Å². The van der Waals surface area contributed by atoms with Crippen molar-refractivity contribution in [1.29, 1.82) is 0 Å². The van der Waals surface area contributed by atoms with E-state index >= 15 is 0 Å². The maximum Gasteiger partial charge on any atom is 0.416 e. The van der Waals surface area contributed by atoms with Crippen LogP contribution in [0.25, 0.3) is 0 Å². The molecule has 1 fully saturated rings. The Morgan fingerprint density at radius 3 is 2.45 bits per heavy atom. The summed E-state index contributed by atoms with van der Waals surface area (Å²) in [7, 11) is 0. The van der Waals surface area contributed by atoms with Gasteiger partial charge in [-0.25, -0.2) is 0 Å². The van der Waals surface area contributed by atoms with Crippen molar-refractivity contribution in [3.63, 3.8) is 0 Å². The summed E-state index contributed by atoms with van der Waals surface area (Å²) in [6, 6.07) is 4.21. The molecule has 1 saturated heterocycles. The lowest BCUT2D eigenvalue weighted by atomic mass is 10.0. The van der Waals surface area contributed by atoms with Gasteiger partial charge in [-0.3, -0.25) is 0 Å². The van der Waals surface area contributed by atoms with Crippen molar-refractivity contribution < 1.29 is 13.2 Å². The number of alkyl halides is 3. The van der Waals surface area contributed by atoms with E-state index in [2.05, 4.69) is 12.2 Å². The Kier molecular flexibility index (Phi) is 4.81. The molecule has 2 rings (SSSR count). The third-order valence-corrected chi connectivity index (χ3v) is 3.78. The minimum Gasteiger partial charge on any atom is -0.371 e. The molecule has 1 aromatic rings. The Bertz CT molecular complexity index is 454. The summed E-state index contributed by atoms with van der Waals surface area (Å²) in [5.41, 5.74) is -0.131. The molecule has 0 spiro atoms. The van der Waals surface area contributed by atoms with Gasteiger partial charge in [-0.05, 0) is 37.6 Å². The lowest BCUT2D eigenvalue weighted by Gasteiger charge is -2.34. The third kappa shape index (κ3) is 3.79. The van der Waals surface area contributed by atoms with E-state index in [1.54, 1.807) is 6.07 Å². The van der Waals surface area contributed by atoms with Gasteiger partial charge in [0.05, 0.1) is 5.56 Å². The summed E-state index contributed by atoms with van der Waals surface area (Å²) in [5.74, 6) is 0. The summed E-state index contributed by atoms with van der Waals surface area (Å²) >= 11 is 5.81. The standard InChI is InChI=1S/C14H18ClF3N2/c1-2-19-12-3-5-20(6-4-12)13-8-10(14(16,17)18)7-11(15)9-13/h7-9,12,19H,2-6H2,1H3. The maximum absolute atomic E-state index is 12.8. The molecule has 2 nitrogen and oxygen atoms in total. The Balaban J connectivity index is 2.12. The van der Waals surface area contributed by atoms with Gasteiger partial charge in [0.1, 0.15) is 0 Å². The molecule has 0 saturated carbocycles. The lowest BCUT2D eigenvalue weighted by Crippen LogP contribution is -2.42. The van der Waals surface area contributed by atoms with Crippen molar-refractivity contribution in [2.75, 3.05) is 24.5 Å². The Hall–Kier alpha value is -0.940. The van der Waals surface area contributed by atoms with Crippen molar-refractivity contribution in [2.24, 2.45) is 0 Å². The summed E-state index contributed by atoms with van der Waals surface area (Å²) < 4.78 is 38.4. The molecule has 1 aliphatic rings. The van der Waals surface area contributed by atoms with Gasteiger partial charge in [-0.2, -0.15) is 13.2 Å². The number of hydrogen-bond donors (Lipinski definition) is 1. The molecule has 0 amide bonds. The quantitative estimate of drug-likeness (QED) is 0.910. The van der Waals surface area contributed by atoms with Crippen LogP contribution in [0.5, 0.6) is 0 Å². The predicted octanol–water partition coefficient (Wildman–Crippen LogP) is 3.94. The first-order chi connectivity index (χ1) is 9.40. The van der Waals surface area contributed by atoms with Crippen LogP contribution in [0.2, 0.25) is 5.02 Å². The number of hydrogen-bond acceptors (Lipinski definition) is 2. The smallest absolute Gasteiger partial charge is 0.371 e. The summed E-state index contributed by atoms with van der Waals surface area (Å²) in [6.45, 7) is 4.46. The normalized spacial score (nSPS) is 17.6. The second-order valence-electron chi connectivity index (χ2n) is 5.01. The first-order valence-corrected chi connectivity index (χ1v) is 7.14. The molecular formula is C14H18ClF3N2. The van der Waals surface area contributed by atoms with Crippen molar-refractivity contribution in [3.8, 4) is 0 Å². The van der Waals surface area contributed by atoms with Crippen LogP contribution in [0.15, 0.2) is 18.2 Å². The molecule has 0 aromatic heterocycles. The van der Waals surface area contributed by atoms with E-state index in [9.17, 15) is 13.2 Å². The predicted molar refractivity (Wildman–Crippen MR) is 75.4 cm³/mol. The highest BCUT2D eigenvalue weighted by molar-refractivity contribution is 6.30. The summed E-state index contributed by atoms with van der Waals surface area (Å²) in [4.78, 5) is 1.97. The van der Waals surface area contributed by atoms with E-state index in [1.807, 2.05) is 4.90 Å². The van der Waals surface area contributed by atoms with E-state index in [1.165, 1.54) is 6.07 Å². The minimum atomic E-state index is -4.36. The van der Waals surface area contributed by atoms with Gasteiger partial charge in [0, 0.05) is 29.8 Å². The van der Waals surface area contributed by atoms with Gasteiger partial charge < -0.3 is 10.2 Å². The Morgan fingerprint density at radius 2 is 1.90 bits per heavy atom. The molecule has 0 aliphatic carbocycles. The Labute approximate surface area is 121 Å². The minimum absolute atomic E-state index is 0.128. The second-order valence-corrected chi connectivity index (χ2v) is 5.45. The van der Waals surface area contributed by atoms with Gasteiger partial charge in [0.2, 0.25) is 0 Å². The van der Waals surface area contributed by atoms with E-state index in [4.69, 9.17) is 11.6 Å². The van der Waals surface area contributed by atoms with Crippen molar-refractivity contribution in [2.45, 2.75) is 32.0 Å². The zero-order valence-corrected chi connectivity index (χ0v) is 12.1. The van der Waals surface area contributed by atoms with Crippen LogP contribution in [-0.2, 0) is 6.18 Å². The highest BCUT2D eigenvalue weighted by Crippen LogP contribution is 2.35. The van der Waals surface area contributed by atoms with Crippen LogP contribution in [0.4, 0.5) is 18.9 Å². The lowest BCUT2D eigenvalue weighted by molar-refractivity contribution is -0.137. The van der Waals surface area contributed by atoms with Crippen molar-refractivity contribution >= 4 is 17.3 Å². The molecular weight excluding hydrogens is 289 g/mol. The fraction of sp³-hybridized carbons (Fsp3) is 0.571. The van der Waals surface area contributed by atoms with Crippen LogP contribution in [0.1, 0.15) is 25.3 Å². The Morgan fingerprint density at radius 1 is 1.25 bits per heavy atom. The number of anilines is 1. The largest absolute Gasteiger partial charge is 0.416 e. The molecule has 1 aliphatic heterocycles. The maximum atomic E-state index is 12.8. The number of benzene rings is 1. The molecule has 1 aromatic carbocycles. The van der Waals surface area contributed by atoms with E-state index < -0.39 is 11.7 Å².